The van der Waals surface area contributed by atoms with Gasteiger partial charge in [0.05, 0.1) is 12.5 Å². The number of rotatable bonds is 7. The number of hydrogen-bond acceptors (Lipinski definition) is 6. The van der Waals surface area contributed by atoms with E-state index in [0.717, 1.165) is 0 Å². The first kappa shape index (κ1) is 22.8. The molecule has 0 spiro atoms. The minimum absolute atomic E-state index is 0.0657. The van der Waals surface area contributed by atoms with Crippen LogP contribution in [0.4, 0.5) is 5.69 Å². The van der Waals surface area contributed by atoms with Crippen molar-refractivity contribution in [2.45, 2.75) is 20.0 Å². The predicted molar refractivity (Wildman–Crippen MR) is 130 cm³/mol. The summed E-state index contributed by atoms with van der Waals surface area (Å²) in [5.74, 6) is 0.204. The smallest absolute Gasteiger partial charge is 0.265 e. The number of carbonyl (C=O) groups is 2. The van der Waals surface area contributed by atoms with Gasteiger partial charge in [-0.15, -0.1) is 0 Å². The molecule has 4 aromatic rings. The van der Waals surface area contributed by atoms with Crippen LogP contribution in [0, 0.1) is 0 Å². The monoisotopic (exact) mass is 457 g/mol. The largest absolute Gasteiger partial charge is 0.497 e. The molecular weight excluding hydrogens is 434 g/mol. The molecule has 1 aromatic heterocycles. The first-order chi connectivity index (χ1) is 16.4. The van der Waals surface area contributed by atoms with Crippen molar-refractivity contribution in [2.75, 3.05) is 12.4 Å². The highest BCUT2D eigenvalue weighted by Gasteiger charge is 2.23. The Balaban J connectivity index is 1.69. The quantitative estimate of drug-likeness (QED) is 0.389. The topological polar surface area (TPSA) is 94.8 Å². The van der Waals surface area contributed by atoms with Gasteiger partial charge in [-0.1, -0.05) is 24.3 Å². The van der Waals surface area contributed by atoms with E-state index in [2.05, 4.69) is 5.32 Å². The van der Waals surface area contributed by atoms with E-state index >= 15 is 0 Å². The molecule has 4 rings (SSSR count). The highest BCUT2D eigenvalue weighted by molar-refractivity contribution is 5.98. The molecule has 7 nitrogen and oxygen atoms in total. The van der Waals surface area contributed by atoms with Gasteiger partial charge in [0, 0.05) is 16.8 Å². The Bertz CT molecular complexity index is 1420. The minimum atomic E-state index is -1.03. The van der Waals surface area contributed by atoms with Crippen LogP contribution in [-0.2, 0) is 4.79 Å². The summed E-state index contributed by atoms with van der Waals surface area (Å²) in [4.78, 5) is 37.8. The van der Waals surface area contributed by atoms with E-state index in [1.807, 2.05) is 0 Å². The first-order valence-corrected chi connectivity index (χ1v) is 10.7. The summed E-state index contributed by atoms with van der Waals surface area (Å²) < 4.78 is 17.1. The first-order valence-electron chi connectivity index (χ1n) is 10.7. The normalized spacial score (nSPS) is 11.6. The number of Topliss-reactive ketones (excluding diaryl/α,β-unsaturated/α-hetero) is 1. The van der Waals surface area contributed by atoms with Crippen LogP contribution in [0.1, 0.15) is 24.2 Å². The van der Waals surface area contributed by atoms with E-state index in [0.29, 0.717) is 33.5 Å². The van der Waals surface area contributed by atoms with E-state index < -0.39 is 12.0 Å². The minimum Gasteiger partial charge on any atom is -0.497 e. The van der Waals surface area contributed by atoms with Crippen molar-refractivity contribution in [1.82, 2.24) is 0 Å². The van der Waals surface area contributed by atoms with Crippen LogP contribution >= 0.6 is 0 Å². The fourth-order valence-corrected chi connectivity index (χ4v) is 3.45. The summed E-state index contributed by atoms with van der Waals surface area (Å²) >= 11 is 0. The van der Waals surface area contributed by atoms with E-state index in [-0.39, 0.29) is 22.7 Å². The maximum atomic E-state index is 13.3. The van der Waals surface area contributed by atoms with Crippen LogP contribution in [0.2, 0.25) is 0 Å². The molecule has 0 radical (unpaired) electrons. The molecule has 7 heteroatoms. The van der Waals surface area contributed by atoms with Gasteiger partial charge < -0.3 is 19.2 Å². The van der Waals surface area contributed by atoms with Gasteiger partial charge in [-0.2, -0.15) is 0 Å². The highest BCUT2D eigenvalue weighted by Crippen LogP contribution is 2.32. The SMILES string of the molecule is COc1ccc(-c2oc3ccccc3c(=O)c2OC(C)C(=O)Nc2cccc(C(C)=O)c2)cc1. The van der Waals surface area contributed by atoms with Crippen molar-refractivity contribution in [3.8, 4) is 22.8 Å². The van der Waals surface area contributed by atoms with Crippen molar-refractivity contribution in [3.05, 3.63) is 88.6 Å². The predicted octanol–water partition coefficient (Wildman–Crippen LogP) is 5.08. The molecule has 0 fully saturated rings. The third-order valence-corrected chi connectivity index (χ3v) is 5.31. The van der Waals surface area contributed by atoms with Crippen molar-refractivity contribution in [1.29, 1.82) is 0 Å². The highest BCUT2D eigenvalue weighted by atomic mass is 16.5. The van der Waals surface area contributed by atoms with Crippen LogP contribution in [0.3, 0.4) is 0 Å². The zero-order valence-electron chi connectivity index (χ0n) is 19.0. The Kier molecular flexibility index (Phi) is 6.45. The van der Waals surface area contributed by atoms with Crippen molar-refractivity contribution >= 4 is 28.3 Å². The molecule has 1 unspecified atom stereocenters. The molecule has 3 aromatic carbocycles. The lowest BCUT2D eigenvalue weighted by atomic mass is 10.1. The summed E-state index contributed by atoms with van der Waals surface area (Å²) in [6.45, 7) is 2.99. The fourth-order valence-electron chi connectivity index (χ4n) is 3.45. The Morgan fingerprint density at radius 1 is 0.971 bits per heavy atom. The van der Waals surface area contributed by atoms with Crippen LogP contribution in [0.25, 0.3) is 22.3 Å². The van der Waals surface area contributed by atoms with E-state index in [1.54, 1.807) is 79.9 Å². The average Bonchev–Trinajstić information content (AvgIpc) is 2.85. The number of hydrogen-bond donors (Lipinski definition) is 1. The number of para-hydroxylation sites is 1. The second-order valence-electron chi connectivity index (χ2n) is 7.70. The van der Waals surface area contributed by atoms with Crippen molar-refractivity contribution < 1.29 is 23.5 Å². The molecule has 1 atom stereocenters. The van der Waals surface area contributed by atoms with E-state index in [1.165, 1.54) is 13.8 Å². The molecule has 0 saturated heterocycles. The van der Waals surface area contributed by atoms with Gasteiger partial charge in [0.25, 0.3) is 5.91 Å². The zero-order valence-corrected chi connectivity index (χ0v) is 19.0. The lowest BCUT2D eigenvalue weighted by molar-refractivity contribution is -0.122. The molecule has 172 valence electrons. The summed E-state index contributed by atoms with van der Waals surface area (Å²) in [5.41, 5.74) is 1.55. The van der Waals surface area contributed by atoms with Gasteiger partial charge in [-0.25, -0.2) is 0 Å². The molecule has 0 saturated carbocycles. The summed E-state index contributed by atoms with van der Waals surface area (Å²) in [6.07, 6.45) is -1.03. The van der Waals surface area contributed by atoms with Crippen LogP contribution in [-0.4, -0.2) is 24.9 Å². The van der Waals surface area contributed by atoms with Gasteiger partial charge in [0.2, 0.25) is 11.2 Å². The van der Waals surface area contributed by atoms with Gasteiger partial charge in [-0.05, 0) is 62.4 Å². The number of ketones is 1. The van der Waals surface area contributed by atoms with Crippen LogP contribution in [0.5, 0.6) is 11.5 Å². The zero-order chi connectivity index (χ0) is 24.2. The van der Waals surface area contributed by atoms with E-state index in [9.17, 15) is 14.4 Å². The van der Waals surface area contributed by atoms with Gasteiger partial charge >= 0.3 is 0 Å². The average molecular weight is 457 g/mol. The molecule has 0 bridgehead atoms. The maximum absolute atomic E-state index is 13.3. The number of fused-ring (bicyclic) bond motifs is 1. The van der Waals surface area contributed by atoms with Crippen molar-refractivity contribution in [2.24, 2.45) is 0 Å². The number of carbonyl (C=O) groups excluding carboxylic acids is 2. The molecule has 0 aliphatic rings. The second kappa shape index (κ2) is 9.62. The second-order valence-corrected chi connectivity index (χ2v) is 7.70. The molecule has 1 heterocycles. The summed E-state index contributed by atoms with van der Waals surface area (Å²) in [7, 11) is 1.56. The van der Waals surface area contributed by atoms with Gasteiger partial charge in [-0.3, -0.25) is 14.4 Å². The Morgan fingerprint density at radius 3 is 2.41 bits per heavy atom. The molecule has 34 heavy (non-hydrogen) atoms. The lowest BCUT2D eigenvalue weighted by Crippen LogP contribution is -2.32. The molecule has 0 aliphatic carbocycles. The molecule has 1 amide bonds. The number of amides is 1. The third kappa shape index (κ3) is 4.68. The maximum Gasteiger partial charge on any atom is 0.265 e. The summed E-state index contributed by atoms with van der Waals surface area (Å²) in [6, 6.07) is 20.4. The molecular formula is C27H23NO6. The standard InChI is InChI=1S/C27H23NO6/c1-16(29)19-7-6-8-20(15-19)28-27(31)17(2)33-26-24(30)22-9-4-5-10-23(22)34-25(26)18-11-13-21(32-3)14-12-18/h4-15,17H,1-3H3,(H,28,31). The Morgan fingerprint density at radius 2 is 1.71 bits per heavy atom. The number of methoxy groups -OCH3 is 1. The fraction of sp³-hybridized carbons (Fsp3) is 0.148. The number of ether oxygens (including phenoxy) is 2. The van der Waals surface area contributed by atoms with E-state index in [4.69, 9.17) is 13.9 Å². The van der Waals surface area contributed by atoms with Gasteiger partial charge in [0.15, 0.2) is 17.6 Å². The van der Waals surface area contributed by atoms with Gasteiger partial charge in [0.1, 0.15) is 11.3 Å². The lowest BCUT2D eigenvalue weighted by Gasteiger charge is -2.17. The van der Waals surface area contributed by atoms with Crippen LogP contribution in [0.15, 0.2) is 82.0 Å². The Hall–Kier alpha value is -4.39. The number of benzene rings is 3. The number of anilines is 1. The Labute approximate surface area is 195 Å². The third-order valence-electron chi connectivity index (χ3n) is 5.31. The number of nitrogens with one attached hydrogen (secondary N) is 1. The van der Waals surface area contributed by atoms with Crippen LogP contribution < -0.4 is 20.2 Å². The van der Waals surface area contributed by atoms with Crippen molar-refractivity contribution in [3.63, 3.8) is 0 Å². The molecule has 0 aliphatic heterocycles. The molecule has 1 N–H and O–H groups in total. The summed E-state index contributed by atoms with van der Waals surface area (Å²) in [5, 5.41) is 3.07.